The molecule has 2 aromatic carbocycles. The van der Waals surface area contributed by atoms with Crippen molar-refractivity contribution < 1.29 is 14.3 Å². The quantitative estimate of drug-likeness (QED) is 0.736. The molecule has 2 amide bonds. The average molecular weight is 380 g/mol. The van der Waals surface area contributed by atoms with Gasteiger partial charge in [-0.1, -0.05) is 24.3 Å². The Morgan fingerprint density at radius 3 is 2.71 bits per heavy atom. The van der Waals surface area contributed by atoms with E-state index in [0.29, 0.717) is 6.61 Å². The first-order valence-electron chi connectivity index (χ1n) is 10.1. The van der Waals surface area contributed by atoms with Crippen LogP contribution in [0.2, 0.25) is 0 Å². The minimum Gasteiger partial charge on any atom is -0.497 e. The molecule has 1 atom stereocenters. The molecule has 1 unspecified atom stereocenters. The molecule has 0 bridgehead atoms. The third-order valence-corrected chi connectivity index (χ3v) is 5.51. The van der Waals surface area contributed by atoms with Gasteiger partial charge in [-0.2, -0.15) is 0 Å². The van der Waals surface area contributed by atoms with Crippen molar-refractivity contribution >= 4 is 11.7 Å². The Labute approximate surface area is 166 Å². The van der Waals surface area contributed by atoms with Gasteiger partial charge in [-0.05, 0) is 67.0 Å². The number of carbonyl (C=O) groups excluding carboxylic acids is 1. The van der Waals surface area contributed by atoms with Crippen molar-refractivity contribution in [3.8, 4) is 5.75 Å². The number of anilines is 1. The summed E-state index contributed by atoms with van der Waals surface area (Å²) >= 11 is 0. The summed E-state index contributed by atoms with van der Waals surface area (Å²) in [5.41, 5.74) is 3.06. The standard InChI is InChI=1S/C23H28N2O3/c1-27-21-11-9-19(10-12-21)22-6-3-13-25(22)23(26)24-20-5-2-4-18(14-20)16-28-15-17-7-8-17/h2,4-5,9-12,14,17,22H,3,6-8,13,15-16H2,1H3,(H,24,26). The summed E-state index contributed by atoms with van der Waals surface area (Å²) < 4.78 is 11.0. The third-order valence-electron chi connectivity index (χ3n) is 5.51. The van der Waals surface area contributed by atoms with E-state index in [0.717, 1.165) is 54.5 Å². The van der Waals surface area contributed by atoms with Gasteiger partial charge in [0.25, 0.3) is 0 Å². The maximum Gasteiger partial charge on any atom is 0.322 e. The molecule has 1 N–H and O–H groups in total. The summed E-state index contributed by atoms with van der Waals surface area (Å²) in [7, 11) is 1.66. The van der Waals surface area contributed by atoms with Gasteiger partial charge in [0.2, 0.25) is 0 Å². The van der Waals surface area contributed by atoms with E-state index >= 15 is 0 Å². The lowest BCUT2D eigenvalue weighted by Crippen LogP contribution is -2.34. The van der Waals surface area contributed by atoms with Crippen LogP contribution >= 0.6 is 0 Å². The van der Waals surface area contributed by atoms with Crippen molar-refractivity contribution in [2.24, 2.45) is 5.92 Å². The highest BCUT2D eigenvalue weighted by molar-refractivity contribution is 5.89. The minimum atomic E-state index is -0.0469. The van der Waals surface area contributed by atoms with Crippen molar-refractivity contribution in [3.05, 3.63) is 59.7 Å². The van der Waals surface area contributed by atoms with Crippen molar-refractivity contribution in [2.75, 3.05) is 25.6 Å². The van der Waals surface area contributed by atoms with E-state index in [1.165, 1.54) is 12.8 Å². The topological polar surface area (TPSA) is 50.8 Å². The highest BCUT2D eigenvalue weighted by Crippen LogP contribution is 2.33. The second kappa shape index (κ2) is 8.65. The normalized spacial score (nSPS) is 18.9. The van der Waals surface area contributed by atoms with Gasteiger partial charge < -0.3 is 19.7 Å². The van der Waals surface area contributed by atoms with Crippen LogP contribution in [0.25, 0.3) is 0 Å². The third kappa shape index (κ3) is 4.65. The van der Waals surface area contributed by atoms with Crippen LogP contribution in [-0.4, -0.2) is 31.2 Å². The Morgan fingerprint density at radius 1 is 1.14 bits per heavy atom. The number of likely N-dealkylation sites (tertiary alicyclic amines) is 1. The van der Waals surface area contributed by atoms with Crippen LogP contribution in [-0.2, 0) is 11.3 Å². The number of benzene rings is 2. The Kier molecular flexibility index (Phi) is 5.81. The van der Waals surface area contributed by atoms with Gasteiger partial charge >= 0.3 is 6.03 Å². The van der Waals surface area contributed by atoms with E-state index in [2.05, 4.69) is 5.32 Å². The molecule has 5 nitrogen and oxygen atoms in total. The second-order valence-corrected chi connectivity index (χ2v) is 7.71. The summed E-state index contributed by atoms with van der Waals surface area (Å²) in [5, 5.41) is 3.06. The van der Waals surface area contributed by atoms with Crippen molar-refractivity contribution in [3.63, 3.8) is 0 Å². The van der Waals surface area contributed by atoms with Crippen LogP contribution in [0.4, 0.5) is 10.5 Å². The first-order valence-corrected chi connectivity index (χ1v) is 10.1. The molecule has 2 fully saturated rings. The fraction of sp³-hybridized carbons (Fsp3) is 0.435. The Morgan fingerprint density at radius 2 is 1.96 bits per heavy atom. The predicted molar refractivity (Wildman–Crippen MR) is 110 cm³/mol. The van der Waals surface area contributed by atoms with E-state index in [1.807, 2.05) is 53.4 Å². The fourth-order valence-corrected chi connectivity index (χ4v) is 3.74. The molecule has 1 aliphatic heterocycles. The highest BCUT2D eigenvalue weighted by atomic mass is 16.5. The number of urea groups is 1. The first kappa shape index (κ1) is 18.8. The van der Waals surface area contributed by atoms with E-state index in [4.69, 9.17) is 9.47 Å². The number of nitrogens with zero attached hydrogens (tertiary/aromatic N) is 1. The van der Waals surface area contributed by atoms with Gasteiger partial charge in [0.15, 0.2) is 0 Å². The molecule has 2 aromatic rings. The molecule has 4 rings (SSSR count). The van der Waals surface area contributed by atoms with E-state index in [1.54, 1.807) is 7.11 Å². The lowest BCUT2D eigenvalue weighted by molar-refractivity contribution is 0.111. The van der Waals surface area contributed by atoms with Gasteiger partial charge in [0, 0.05) is 18.8 Å². The number of carbonyl (C=O) groups is 1. The molecule has 148 valence electrons. The zero-order valence-corrected chi connectivity index (χ0v) is 16.4. The molecule has 0 spiro atoms. The zero-order valence-electron chi connectivity index (χ0n) is 16.4. The van der Waals surface area contributed by atoms with E-state index in [-0.39, 0.29) is 12.1 Å². The van der Waals surface area contributed by atoms with Crippen molar-refractivity contribution in [1.82, 2.24) is 4.90 Å². The Balaban J connectivity index is 1.37. The molecule has 28 heavy (non-hydrogen) atoms. The van der Waals surface area contributed by atoms with Crippen LogP contribution in [0, 0.1) is 5.92 Å². The van der Waals surface area contributed by atoms with E-state index < -0.39 is 0 Å². The van der Waals surface area contributed by atoms with Gasteiger partial charge in [-0.15, -0.1) is 0 Å². The summed E-state index contributed by atoms with van der Waals surface area (Å²) in [4.78, 5) is 14.8. The minimum absolute atomic E-state index is 0.0469. The molecule has 1 saturated carbocycles. The van der Waals surface area contributed by atoms with Gasteiger partial charge in [0.05, 0.1) is 19.8 Å². The number of ether oxygens (including phenoxy) is 2. The molecule has 1 heterocycles. The lowest BCUT2D eigenvalue weighted by atomic mass is 10.0. The summed E-state index contributed by atoms with van der Waals surface area (Å²) in [5.74, 6) is 1.59. The molecule has 1 saturated heterocycles. The average Bonchev–Trinajstić information content (AvgIpc) is 3.41. The largest absolute Gasteiger partial charge is 0.497 e. The molecular formula is C23H28N2O3. The summed E-state index contributed by atoms with van der Waals surface area (Å²) in [6, 6.07) is 16.0. The molecule has 0 aromatic heterocycles. The maximum absolute atomic E-state index is 12.9. The van der Waals surface area contributed by atoms with Crippen LogP contribution in [0.5, 0.6) is 5.75 Å². The summed E-state index contributed by atoms with van der Waals surface area (Å²) in [6.07, 6.45) is 4.58. The van der Waals surface area contributed by atoms with Crippen molar-refractivity contribution in [2.45, 2.75) is 38.3 Å². The van der Waals surface area contributed by atoms with E-state index in [9.17, 15) is 4.79 Å². The molecule has 1 aliphatic carbocycles. The van der Waals surface area contributed by atoms with Crippen LogP contribution in [0.15, 0.2) is 48.5 Å². The molecule has 5 heteroatoms. The maximum atomic E-state index is 12.9. The number of hydrogen-bond acceptors (Lipinski definition) is 3. The summed E-state index contributed by atoms with van der Waals surface area (Å²) in [6.45, 7) is 2.21. The highest BCUT2D eigenvalue weighted by Gasteiger charge is 2.30. The van der Waals surface area contributed by atoms with Gasteiger partial charge in [-0.25, -0.2) is 4.79 Å². The SMILES string of the molecule is COc1ccc(C2CCCN2C(=O)Nc2cccc(COCC3CC3)c2)cc1. The number of methoxy groups -OCH3 is 1. The Bertz CT molecular complexity index is 802. The molecule has 2 aliphatic rings. The number of rotatable bonds is 7. The second-order valence-electron chi connectivity index (χ2n) is 7.71. The van der Waals surface area contributed by atoms with Crippen LogP contribution in [0.3, 0.4) is 0 Å². The predicted octanol–water partition coefficient (Wildman–Crippen LogP) is 4.99. The molecular weight excluding hydrogens is 352 g/mol. The number of hydrogen-bond donors (Lipinski definition) is 1. The number of amides is 2. The van der Waals surface area contributed by atoms with Gasteiger partial charge in [0.1, 0.15) is 5.75 Å². The zero-order chi connectivity index (χ0) is 19.3. The molecule has 0 radical (unpaired) electrons. The first-order chi connectivity index (χ1) is 13.7. The monoisotopic (exact) mass is 380 g/mol. The van der Waals surface area contributed by atoms with Crippen LogP contribution < -0.4 is 10.1 Å². The van der Waals surface area contributed by atoms with Crippen LogP contribution in [0.1, 0.15) is 42.9 Å². The fourth-order valence-electron chi connectivity index (χ4n) is 3.74. The lowest BCUT2D eigenvalue weighted by Gasteiger charge is -2.25. The number of nitrogens with one attached hydrogen (secondary N) is 1. The van der Waals surface area contributed by atoms with Gasteiger partial charge in [-0.3, -0.25) is 0 Å². The van der Waals surface area contributed by atoms with Crippen molar-refractivity contribution in [1.29, 1.82) is 0 Å². The smallest absolute Gasteiger partial charge is 0.322 e. The Hall–Kier alpha value is -2.53.